The summed E-state index contributed by atoms with van der Waals surface area (Å²) in [6, 6.07) is 16.7. The number of hydrogen-bond donors (Lipinski definition) is 2. The molecule has 27 heavy (non-hydrogen) atoms. The zero-order valence-corrected chi connectivity index (χ0v) is 15.7. The van der Waals surface area contributed by atoms with Gasteiger partial charge in [0.2, 0.25) is 0 Å². The predicted molar refractivity (Wildman–Crippen MR) is 105 cm³/mol. The molecule has 1 heterocycles. The van der Waals surface area contributed by atoms with E-state index in [1.807, 2.05) is 55.5 Å². The van der Waals surface area contributed by atoms with E-state index in [9.17, 15) is 4.39 Å². The molecule has 1 aromatic heterocycles. The third kappa shape index (κ3) is 4.34. The normalized spacial score (nSPS) is 12.7. The van der Waals surface area contributed by atoms with Gasteiger partial charge in [0.25, 0.3) is 0 Å². The third-order valence-corrected chi connectivity index (χ3v) is 4.49. The van der Waals surface area contributed by atoms with E-state index in [1.165, 1.54) is 0 Å². The molecule has 3 aromatic rings. The number of nitrogens with zero attached hydrogens (tertiary/aromatic N) is 2. The van der Waals surface area contributed by atoms with Crippen LogP contribution in [0, 0.1) is 5.82 Å². The zero-order chi connectivity index (χ0) is 19.2. The summed E-state index contributed by atoms with van der Waals surface area (Å²) in [5.41, 5.74) is 3.07. The quantitative estimate of drug-likeness (QED) is 0.531. The van der Waals surface area contributed by atoms with E-state index in [0.717, 1.165) is 16.8 Å². The topological polar surface area (TPSA) is 62.5 Å². The Kier molecular flexibility index (Phi) is 5.86. The monoisotopic (exact) mass is 366 g/mol. The number of rotatable bonds is 5. The minimum absolute atomic E-state index is 0.0783. The van der Waals surface area contributed by atoms with Crippen molar-refractivity contribution in [2.24, 2.45) is 4.99 Å². The van der Waals surface area contributed by atoms with Gasteiger partial charge in [-0.3, -0.25) is 4.99 Å². The number of nitrogens with one attached hydrogen (secondary N) is 2. The fraction of sp³-hybridized carbons (Fsp3) is 0.238. The molecule has 0 spiro atoms. The highest BCUT2D eigenvalue weighted by Crippen LogP contribution is 2.29. The summed E-state index contributed by atoms with van der Waals surface area (Å²) in [5, 5.41) is 10.2. The minimum atomic E-state index is -0.242. The molecule has 2 aromatic carbocycles. The van der Waals surface area contributed by atoms with Crippen LogP contribution in [0.4, 0.5) is 4.39 Å². The molecule has 0 fully saturated rings. The second kappa shape index (κ2) is 8.49. The van der Waals surface area contributed by atoms with Gasteiger partial charge in [-0.2, -0.15) is 0 Å². The van der Waals surface area contributed by atoms with E-state index < -0.39 is 0 Å². The van der Waals surface area contributed by atoms with Crippen molar-refractivity contribution in [1.82, 2.24) is 15.8 Å². The molecule has 0 aliphatic rings. The van der Waals surface area contributed by atoms with Gasteiger partial charge < -0.3 is 15.2 Å². The molecule has 0 saturated carbocycles. The van der Waals surface area contributed by atoms with Crippen LogP contribution in [0.5, 0.6) is 0 Å². The average molecular weight is 366 g/mol. The molecule has 1 atom stereocenters. The molecule has 1 unspecified atom stereocenters. The van der Waals surface area contributed by atoms with Crippen LogP contribution < -0.4 is 10.6 Å². The summed E-state index contributed by atoms with van der Waals surface area (Å²) in [7, 11) is 3.48. The molecule has 2 N–H and O–H groups in total. The lowest BCUT2D eigenvalue weighted by atomic mass is 9.94. The first-order valence-corrected chi connectivity index (χ1v) is 8.81. The van der Waals surface area contributed by atoms with Crippen molar-refractivity contribution >= 4 is 5.96 Å². The van der Waals surface area contributed by atoms with Gasteiger partial charge in [0, 0.05) is 31.6 Å². The first-order valence-electron chi connectivity index (χ1n) is 8.81. The van der Waals surface area contributed by atoms with Gasteiger partial charge >= 0.3 is 0 Å². The molecule has 0 aliphatic heterocycles. The van der Waals surface area contributed by atoms with Crippen LogP contribution in [-0.2, 0) is 6.54 Å². The molecular formula is C21H23FN4O. The number of guanidine groups is 1. The van der Waals surface area contributed by atoms with Gasteiger partial charge in [0.1, 0.15) is 5.82 Å². The fourth-order valence-electron chi connectivity index (χ4n) is 2.89. The molecule has 6 heteroatoms. The van der Waals surface area contributed by atoms with Crippen LogP contribution in [0.2, 0.25) is 0 Å². The maximum absolute atomic E-state index is 14.6. The van der Waals surface area contributed by atoms with Crippen molar-refractivity contribution < 1.29 is 8.91 Å². The third-order valence-electron chi connectivity index (χ3n) is 4.49. The van der Waals surface area contributed by atoms with Crippen LogP contribution in [-0.4, -0.2) is 25.2 Å². The van der Waals surface area contributed by atoms with Crippen LogP contribution in [0.1, 0.15) is 29.9 Å². The molecule has 0 bridgehead atoms. The number of hydrogen-bond acceptors (Lipinski definition) is 3. The SMILES string of the molecule is C/N=C(\NC)NCc1cc(C(C)c2ccc(-c3ccccc3)c(F)c2)no1. The Morgan fingerprint density at radius 3 is 2.63 bits per heavy atom. The van der Waals surface area contributed by atoms with Gasteiger partial charge in [-0.05, 0) is 17.2 Å². The maximum atomic E-state index is 14.6. The minimum Gasteiger partial charge on any atom is -0.359 e. The van der Waals surface area contributed by atoms with Crippen molar-refractivity contribution in [3.05, 3.63) is 77.4 Å². The number of aliphatic imine (C=N–C) groups is 1. The lowest BCUT2D eigenvalue weighted by molar-refractivity contribution is 0.373. The second-order valence-corrected chi connectivity index (χ2v) is 6.22. The van der Waals surface area contributed by atoms with Crippen molar-refractivity contribution in [3.8, 4) is 11.1 Å². The highest BCUT2D eigenvalue weighted by molar-refractivity contribution is 5.79. The smallest absolute Gasteiger partial charge is 0.191 e. The van der Waals surface area contributed by atoms with Crippen molar-refractivity contribution in [1.29, 1.82) is 0 Å². The molecule has 3 rings (SSSR count). The van der Waals surface area contributed by atoms with Crippen LogP contribution >= 0.6 is 0 Å². The zero-order valence-electron chi connectivity index (χ0n) is 15.7. The lowest BCUT2D eigenvalue weighted by Crippen LogP contribution is -2.33. The molecule has 0 amide bonds. The van der Waals surface area contributed by atoms with E-state index in [0.29, 0.717) is 23.8 Å². The highest BCUT2D eigenvalue weighted by Gasteiger charge is 2.16. The molecule has 5 nitrogen and oxygen atoms in total. The predicted octanol–water partition coefficient (Wildman–Crippen LogP) is 3.93. The largest absolute Gasteiger partial charge is 0.359 e. The van der Waals surface area contributed by atoms with E-state index in [-0.39, 0.29) is 11.7 Å². The van der Waals surface area contributed by atoms with Gasteiger partial charge in [0.05, 0.1) is 12.2 Å². The summed E-state index contributed by atoms with van der Waals surface area (Å²) < 4.78 is 20.0. The highest BCUT2D eigenvalue weighted by atomic mass is 19.1. The fourth-order valence-corrected chi connectivity index (χ4v) is 2.89. The number of benzene rings is 2. The van der Waals surface area contributed by atoms with Crippen LogP contribution in [0.15, 0.2) is 64.1 Å². The first-order chi connectivity index (χ1) is 13.1. The maximum Gasteiger partial charge on any atom is 0.191 e. The Morgan fingerprint density at radius 2 is 1.96 bits per heavy atom. The second-order valence-electron chi connectivity index (χ2n) is 6.22. The molecule has 140 valence electrons. The van der Waals surface area contributed by atoms with Gasteiger partial charge in [0.15, 0.2) is 11.7 Å². The Balaban J connectivity index is 1.74. The number of aromatic nitrogens is 1. The Labute approximate surface area is 158 Å². The average Bonchev–Trinajstić information content (AvgIpc) is 3.18. The van der Waals surface area contributed by atoms with Gasteiger partial charge in [-0.1, -0.05) is 54.5 Å². The Bertz CT molecular complexity index is 921. The Hall–Kier alpha value is -3.15. The summed E-state index contributed by atoms with van der Waals surface area (Å²) in [4.78, 5) is 4.04. The first kappa shape index (κ1) is 18.6. The van der Waals surface area contributed by atoms with Crippen molar-refractivity contribution in [2.45, 2.75) is 19.4 Å². The summed E-state index contributed by atoms with van der Waals surface area (Å²) in [5.74, 6) is 1.04. The lowest BCUT2D eigenvalue weighted by Gasteiger charge is -2.11. The van der Waals surface area contributed by atoms with E-state index in [2.05, 4.69) is 20.8 Å². The van der Waals surface area contributed by atoms with Gasteiger partial charge in [-0.15, -0.1) is 0 Å². The summed E-state index contributed by atoms with van der Waals surface area (Å²) >= 11 is 0. The Morgan fingerprint density at radius 1 is 1.19 bits per heavy atom. The van der Waals surface area contributed by atoms with Crippen LogP contribution in [0.3, 0.4) is 0 Å². The summed E-state index contributed by atoms with van der Waals surface area (Å²) in [6.07, 6.45) is 0. The number of halogens is 1. The molecular weight excluding hydrogens is 343 g/mol. The molecule has 0 aliphatic carbocycles. The van der Waals surface area contributed by atoms with E-state index in [4.69, 9.17) is 4.52 Å². The van der Waals surface area contributed by atoms with E-state index in [1.54, 1.807) is 20.2 Å². The van der Waals surface area contributed by atoms with E-state index >= 15 is 0 Å². The standard InChI is InChI=1S/C21H23FN4O/c1-14(20-12-17(27-26-20)13-25-21(23-2)24-3)16-9-10-18(19(22)11-16)15-7-5-4-6-8-15/h4-12,14H,13H2,1-3H3,(H2,23,24,25). The summed E-state index contributed by atoms with van der Waals surface area (Å²) in [6.45, 7) is 2.45. The molecule has 0 radical (unpaired) electrons. The van der Waals surface area contributed by atoms with Crippen molar-refractivity contribution in [2.75, 3.05) is 14.1 Å². The van der Waals surface area contributed by atoms with Crippen LogP contribution in [0.25, 0.3) is 11.1 Å². The van der Waals surface area contributed by atoms with Crippen molar-refractivity contribution in [3.63, 3.8) is 0 Å². The molecule has 0 saturated heterocycles. The van der Waals surface area contributed by atoms with Gasteiger partial charge in [-0.25, -0.2) is 4.39 Å².